The van der Waals surface area contributed by atoms with Crippen LogP contribution in [-0.2, 0) is 4.79 Å². The van der Waals surface area contributed by atoms with E-state index >= 15 is 0 Å². The van der Waals surface area contributed by atoms with Gasteiger partial charge in [0, 0.05) is 12.3 Å². The normalized spacial score (nSPS) is 33.0. The van der Waals surface area contributed by atoms with E-state index in [1.807, 2.05) is 0 Å². The van der Waals surface area contributed by atoms with Gasteiger partial charge in [0.1, 0.15) is 12.2 Å². The average molecular weight is 200 g/mol. The minimum atomic E-state index is -1.18. The average Bonchev–Trinajstić information content (AvgIpc) is 2.12. The molecule has 3 atom stereocenters. The zero-order valence-corrected chi connectivity index (χ0v) is 8.34. The molecule has 0 unspecified atom stereocenters. The third-order valence-corrected chi connectivity index (χ3v) is 2.39. The summed E-state index contributed by atoms with van der Waals surface area (Å²) in [6, 6.07) is 0. The fourth-order valence-corrected chi connectivity index (χ4v) is 1.50. The first-order valence-electron chi connectivity index (χ1n) is 4.72. The van der Waals surface area contributed by atoms with Gasteiger partial charge in [-0.05, 0) is 11.6 Å². The summed E-state index contributed by atoms with van der Waals surface area (Å²) in [6.07, 6.45) is -1.92. The molecule has 0 bridgehead atoms. The van der Waals surface area contributed by atoms with Crippen LogP contribution in [0.15, 0.2) is 11.6 Å². The number of aliphatic hydroxyl groups is 3. The van der Waals surface area contributed by atoms with Gasteiger partial charge in [-0.15, -0.1) is 0 Å². The van der Waals surface area contributed by atoms with E-state index in [9.17, 15) is 20.1 Å². The van der Waals surface area contributed by atoms with Crippen LogP contribution in [0.25, 0.3) is 0 Å². The summed E-state index contributed by atoms with van der Waals surface area (Å²) in [5.41, 5.74) is 0.408. The Labute approximate surface area is 82.9 Å². The number of carbonyl (C=O) groups excluding carboxylic acids is 1. The van der Waals surface area contributed by atoms with Crippen molar-refractivity contribution in [3.63, 3.8) is 0 Å². The maximum atomic E-state index is 11.5. The van der Waals surface area contributed by atoms with Gasteiger partial charge >= 0.3 is 0 Å². The highest BCUT2D eigenvalue weighted by Crippen LogP contribution is 2.22. The molecule has 80 valence electrons. The molecule has 0 amide bonds. The SMILES string of the molecule is CC(C)C(=O)C1=C[C@@H](O)[C@@H](O)[C@H](O)C1. The molecule has 0 aromatic rings. The van der Waals surface area contributed by atoms with E-state index in [0.29, 0.717) is 5.57 Å². The van der Waals surface area contributed by atoms with Crippen LogP contribution in [0.2, 0.25) is 0 Å². The van der Waals surface area contributed by atoms with Gasteiger partial charge in [-0.1, -0.05) is 13.8 Å². The molecular formula is C10H16O4. The standard InChI is InChI=1S/C10H16O4/c1-5(2)9(13)6-3-7(11)10(14)8(12)4-6/h3,5,7-8,10-12,14H,4H2,1-2H3/t7-,8-,10-/m1/s1. The second-order valence-electron chi connectivity index (χ2n) is 3.96. The quantitative estimate of drug-likeness (QED) is 0.568. The third-order valence-electron chi connectivity index (χ3n) is 2.39. The molecule has 0 aliphatic heterocycles. The molecule has 0 saturated carbocycles. The molecule has 0 fully saturated rings. The lowest BCUT2D eigenvalue weighted by molar-refractivity contribution is -0.119. The largest absolute Gasteiger partial charge is 0.390 e. The van der Waals surface area contributed by atoms with Crippen LogP contribution < -0.4 is 0 Å². The molecule has 3 N–H and O–H groups in total. The molecule has 1 aliphatic rings. The number of rotatable bonds is 2. The third kappa shape index (κ3) is 2.20. The van der Waals surface area contributed by atoms with Gasteiger partial charge in [0.05, 0.1) is 6.10 Å². The molecule has 0 aromatic heterocycles. The Morgan fingerprint density at radius 3 is 2.43 bits per heavy atom. The Kier molecular flexibility index (Phi) is 3.42. The summed E-state index contributed by atoms with van der Waals surface area (Å²) in [6.45, 7) is 3.51. The second-order valence-corrected chi connectivity index (χ2v) is 3.96. The maximum Gasteiger partial charge on any atom is 0.161 e. The highest BCUT2D eigenvalue weighted by molar-refractivity contribution is 5.97. The summed E-state index contributed by atoms with van der Waals surface area (Å²) >= 11 is 0. The lowest BCUT2D eigenvalue weighted by Crippen LogP contribution is -2.41. The minimum Gasteiger partial charge on any atom is -0.390 e. The van der Waals surface area contributed by atoms with Crippen molar-refractivity contribution in [1.82, 2.24) is 0 Å². The van der Waals surface area contributed by atoms with Crippen molar-refractivity contribution in [1.29, 1.82) is 0 Å². The van der Waals surface area contributed by atoms with Gasteiger partial charge in [-0.25, -0.2) is 0 Å². The first kappa shape index (κ1) is 11.4. The fraction of sp³-hybridized carbons (Fsp3) is 0.700. The summed E-state index contributed by atoms with van der Waals surface area (Å²) < 4.78 is 0. The molecule has 0 radical (unpaired) electrons. The highest BCUT2D eigenvalue weighted by atomic mass is 16.4. The van der Waals surface area contributed by atoms with Gasteiger partial charge in [0.15, 0.2) is 5.78 Å². The monoisotopic (exact) mass is 200 g/mol. The van der Waals surface area contributed by atoms with Crippen LogP contribution in [0.1, 0.15) is 20.3 Å². The maximum absolute atomic E-state index is 11.5. The van der Waals surface area contributed by atoms with Crippen molar-refractivity contribution >= 4 is 5.78 Å². The van der Waals surface area contributed by atoms with Crippen LogP contribution in [0.3, 0.4) is 0 Å². The van der Waals surface area contributed by atoms with Gasteiger partial charge in [0.25, 0.3) is 0 Å². The highest BCUT2D eigenvalue weighted by Gasteiger charge is 2.31. The van der Waals surface area contributed by atoms with E-state index < -0.39 is 18.3 Å². The molecule has 1 aliphatic carbocycles. The first-order chi connectivity index (χ1) is 6.43. The Balaban J connectivity index is 2.82. The van der Waals surface area contributed by atoms with Crippen LogP contribution in [-0.4, -0.2) is 39.4 Å². The van der Waals surface area contributed by atoms with Crippen molar-refractivity contribution in [2.24, 2.45) is 5.92 Å². The Morgan fingerprint density at radius 1 is 1.43 bits per heavy atom. The van der Waals surface area contributed by atoms with Crippen molar-refractivity contribution < 1.29 is 20.1 Å². The molecule has 14 heavy (non-hydrogen) atoms. The van der Waals surface area contributed by atoms with Crippen molar-refractivity contribution in [2.75, 3.05) is 0 Å². The summed E-state index contributed by atoms with van der Waals surface area (Å²) in [5, 5.41) is 27.9. The second kappa shape index (κ2) is 4.21. The number of aliphatic hydroxyl groups excluding tert-OH is 3. The molecule has 0 heterocycles. The lowest BCUT2D eigenvalue weighted by Gasteiger charge is -2.27. The molecule has 0 spiro atoms. The van der Waals surface area contributed by atoms with Crippen molar-refractivity contribution in [3.8, 4) is 0 Å². The first-order valence-corrected chi connectivity index (χ1v) is 4.72. The topological polar surface area (TPSA) is 77.8 Å². The summed E-state index contributed by atoms with van der Waals surface area (Å²) in [4.78, 5) is 11.5. The molecule has 0 aromatic carbocycles. The van der Waals surface area contributed by atoms with Gasteiger partial charge < -0.3 is 15.3 Å². The number of ketones is 1. The van der Waals surface area contributed by atoms with E-state index in [2.05, 4.69) is 0 Å². The smallest absolute Gasteiger partial charge is 0.161 e. The minimum absolute atomic E-state index is 0.0880. The molecule has 0 saturated heterocycles. The van der Waals surface area contributed by atoms with Gasteiger partial charge in [-0.3, -0.25) is 4.79 Å². The lowest BCUT2D eigenvalue weighted by atomic mass is 9.87. The number of hydrogen-bond donors (Lipinski definition) is 3. The predicted octanol–water partition coefficient (Wildman–Crippen LogP) is -0.376. The van der Waals surface area contributed by atoms with Crippen LogP contribution in [0, 0.1) is 5.92 Å². The Hall–Kier alpha value is -0.710. The Morgan fingerprint density at radius 2 is 2.00 bits per heavy atom. The van der Waals surface area contributed by atoms with Crippen molar-refractivity contribution in [3.05, 3.63) is 11.6 Å². The zero-order valence-electron chi connectivity index (χ0n) is 8.34. The number of Topliss-reactive ketones (excluding diaryl/α,β-unsaturated/α-hetero) is 1. The van der Waals surface area contributed by atoms with Crippen LogP contribution in [0.4, 0.5) is 0 Å². The van der Waals surface area contributed by atoms with E-state index in [1.54, 1.807) is 13.8 Å². The molecule has 4 nitrogen and oxygen atoms in total. The van der Waals surface area contributed by atoms with Crippen LogP contribution in [0.5, 0.6) is 0 Å². The number of carbonyl (C=O) groups is 1. The van der Waals surface area contributed by atoms with Crippen LogP contribution >= 0.6 is 0 Å². The predicted molar refractivity (Wildman–Crippen MR) is 50.6 cm³/mol. The van der Waals surface area contributed by atoms with E-state index in [-0.39, 0.29) is 18.1 Å². The van der Waals surface area contributed by atoms with Gasteiger partial charge in [0.2, 0.25) is 0 Å². The zero-order chi connectivity index (χ0) is 10.9. The fourth-order valence-electron chi connectivity index (χ4n) is 1.50. The molecular weight excluding hydrogens is 184 g/mol. The molecule has 1 rings (SSSR count). The molecule has 4 heteroatoms. The van der Waals surface area contributed by atoms with E-state index in [4.69, 9.17) is 0 Å². The van der Waals surface area contributed by atoms with Gasteiger partial charge in [-0.2, -0.15) is 0 Å². The Bertz CT molecular complexity index is 257. The van der Waals surface area contributed by atoms with E-state index in [1.165, 1.54) is 6.08 Å². The van der Waals surface area contributed by atoms with Crippen molar-refractivity contribution in [2.45, 2.75) is 38.6 Å². The summed E-state index contributed by atoms with van der Waals surface area (Å²) in [7, 11) is 0. The summed E-state index contributed by atoms with van der Waals surface area (Å²) in [5.74, 6) is -0.245. The van der Waals surface area contributed by atoms with E-state index in [0.717, 1.165) is 0 Å². The number of hydrogen-bond acceptors (Lipinski definition) is 4.